The third kappa shape index (κ3) is 3.97. The van der Waals surface area contributed by atoms with E-state index in [1.165, 1.54) is 0 Å². The molecule has 0 aromatic heterocycles. The summed E-state index contributed by atoms with van der Waals surface area (Å²) in [6.07, 6.45) is 3.22. The summed E-state index contributed by atoms with van der Waals surface area (Å²) in [6.45, 7) is 6.93. The van der Waals surface area contributed by atoms with Crippen LogP contribution in [-0.2, 0) is 0 Å². The van der Waals surface area contributed by atoms with E-state index >= 15 is 0 Å². The highest BCUT2D eigenvalue weighted by Gasteiger charge is 2.24. The Bertz CT molecular complexity index is 441. The van der Waals surface area contributed by atoms with E-state index in [1.54, 1.807) is 0 Å². The van der Waals surface area contributed by atoms with Gasteiger partial charge in [-0.3, -0.25) is 0 Å². The van der Waals surface area contributed by atoms with Crippen molar-refractivity contribution in [3.05, 3.63) is 29.8 Å². The number of hydrogen-bond donors (Lipinski definition) is 2. The number of benzene rings is 1. The molecule has 2 N–H and O–H groups in total. The van der Waals surface area contributed by atoms with E-state index < -0.39 is 0 Å². The Hall–Kier alpha value is -1.55. The smallest absolute Gasteiger partial charge is 0.320 e. The van der Waals surface area contributed by atoms with Crippen molar-refractivity contribution in [2.24, 2.45) is 0 Å². The molecule has 2 rings (SSSR count). The quantitative estimate of drug-likeness (QED) is 0.887. The van der Waals surface area contributed by atoms with Gasteiger partial charge < -0.3 is 15.5 Å². The maximum atomic E-state index is 12.5. The molecule has 1 aromatic rings. The first kappa shape index (κ1) is 14.9. The molecule has 1 heterocycles. The van der Waals surface area contributed by atoms with Crippen molar-refractivity contribution in [3.8, 4) is 0 Å². The van der Waals surface area contributed by atoms with Crippen molar-refractivity contribution in [2.75, 3.05) is 25.0 Å². The lowest BCUT2D eigenvalue weighted by Gasteiger charge is -2.34. The highest BCUT2D eigenvalue weighted by molar-refractivity contribution is 5.89. The van der Waals surface area contributed by atoms with Crippen LogP contribution in [0.2, 0.25) is 0 Å². The number of aryl methyl sites for hydroxylation is 1. The first-order valence-electron chi connectivity index (χ1n) is 7.55. The van der Waals surface area contributed by atoms with E-state index in [9.17, 15) is 4.79 Å². The number of rotatable bonds is 4. The average Bonchev–Trinajstić information content (AvgIpc) is 2.45. The molecule has 1 atom stereocenters. The van der Waals surface area contributed by atoms with Gasteiger partial charge in [-0.15, -0.1) is 0 Å². The lowest BCUT2D eigenvalue weighted by Crippen LogP contribution is -2.50. The zero-order valence-electron chi connectivity index (χ0n) is 12.5. The Balaban J connectivity index is 2.02. The Morgan fingerprint density at radius 1 is 1.50 bits per heavy atom. The van der Waals surface area contributed by atoms with Crippen molar-refractivity contribution in [3.63, 3.8) is 0 Å². The summed E-state index contributed by atoms with van der Waals surface area (Å²) in [5.41, 5.74) is 2.03. The number of hydrogen-bond acceptors (Lipinski definition) is 2. The van der Waals surface area contributed by atoms with Gasteiger partial charge in [-0.05, 0) is 50.4 Å². The molecule has 1 aromatic carbocycles. The van der Waals surface area contributed by atoms with Crippen LogP contribution in [0, 0.1) is 6.92 Å². The van der Waals surface area contributed by atoms with Crippen LogP contribution in [-0.4, -0.2) is 36.6 Å². The topological polar surface area (TPSA) is 44.4 Å². The van der Waals surface area contributed by atoms with Gasteiger partial charge in [-0.1, -0.05) is 19.1 Å². The highest BCUT2D eigenvalue weighted by atomic mass is 16.2. The van der Waals surface area contributed by atoms with Gasteiger partial charge in [0.25, 0.3) is 0 Å². The minimum Gasteiger partial charge on any atom is -0.320 e. The van der Waals surface area contributed by atoms with Crippen LogP contribution in [0.3, 0.4) is 0 Å². The van der Waals surface area contributed by atoms with Crippen LogP contribution in [0.15, 0.2) is 24.3 Å². The van der Waals surface area contributed by atoms with Crippen molar-refractivity contribution >= 4 is 11.7 Å². The van der Waals surface area contributed by atoms with Crippen LogP contribution in [0.25, 0.3) is 0 Å². The largest absolute Gasteiger partial charge is 0.322 e. The molecule has 1 unspecified atom stereocenters. The Labute approximate surface area is 121 Å². The van der Waals surface area contributed by atoms with Gasteiger partial charge >= 0.3 is 6.03 Å². The number of nitrogens with one attached hydrogen (secondary N) is 2. The summed E-state index contributed by atoms with van der Waals surface area (Å²) in [6, 6.07) is 8.27. The number of piperidine rings is 1. The summed E-state index contributed by atoms with van der Waals surface area (Å²) in [5.74, 6) is 0. The molecule has 0 bridgehead atoms. The van der Waals surface area contributed by atoms with Crippen LogP contribution in [0.4, 0.5) is 10.5 Å². The maximum Gasteiger partial charge on any atom is 0.322 e. The molecule has 2 amide bonds. The van der Waals surface area contributed by atoms with E-state index in [0.717, 1.165) is 50.1 Å². The van der Waals surface area contributed by atoms with Crippen LogP contribution in [0.1, 0.15) is 31.7 Å². The predicted octanol–water partition coefficient (Wildman–Crippen LogP) is 2.99. The second-order valence-corrected chi connectivity index (χ2v) is 5.49. The number of anilines is 1. The summed E-state index contributed by atoms with van der Waals surface area (Å²) < 4.78 is 0. The lowest BCUT2D eigenvalue weighted by atomic mass is 10.1. The van der Waals surface area contributed by atoms with E-state index in [-0.39, 0.29) is 6.03 Å². The molecule has 0 radical (unpaired) electrons. The zero-order valence-corrected chi connectivity index (χ0v) is 12.5. The molecule has 1 saturated heterocycles. The van der Waals surface area contributed by atoms with Gasteiger partial charge in [0.15, 0.2) is 0 Å². The van der Waals surface area contributed by atoms with Crippen LogP contribution >= 0.6 is 0 Å². The fraction of sp³-hybridized carbons (Fsp3) is 0.562. The molecular weight excluding hydrogens is 250 g/mol. The molecule has 1 aliphatic heterocycles. The number of nitrogens with zero attached hydrogens (tertiary/aromatic N) is 1. The monoisotopic (exact) mass is 275 g/mol. The van der Waals surface area contributed by atoms with Crippen molar-refractivity contribution in [1.29, 1.82) is 0 Å². The van der Waals surface area contributed by atoms with Crippen molar-refractivity contribution in [1.82, 2.24) is 10.2 Å². The van der Waals surface area contributed by atoms with E-state index in [1.807, 2.05) is 36.1 Å². The van der Waals surface area contributed by atoms with Crippen LogP contribution in [0.5, 0.6) is 0 Å². The molecule has 20 heavy (non-hydrogen) atoms. The van der Waals surface area contributed by atoms with E-state index in [4.69, 9.17) is 0 Å². The molecule has 0 spiro atoms. The average molecular weight is 275 g/mol. The normalized spacial score (nSPS) is 18.6. The van der Waals surface area contributed by atoms with E-state index in [2.05, 4.69) is 17.6 Å². The standard InChI is InChI=1S/C16H25N3O/c1-3-10-19(15-8-5-9-17-12-15)16(20)18-14-7-4-6-13(2)11-14/h4,6-7,11,15,17H,3,5,8-10,12H2,1-2H3,(H,18,20). The van der Waals surface area contributed by atoms with Crippen LogP contribution < -0.4 is 10.6 Å². The van der Waals surface area contributed by atoms with Gasteiger partial charge in [0, 0.05) is 24.8 Å². The Morgan fingerprint density at radius 2 is 2.35 bits per heavy atom. The minimum atomic E-state index is 0.0196. The fourth-order valence-electron chi connectivity index (χ4n) is 2.71. The second-order valence-electron chi connectivity index (χ2n) is 5.49. The van der Waals surface area contributed by atoms with Crippen molar-refractivity contribution < 1.29 is 4.79 Å². The first-order valence-corrected chi connectivity index (χ1v) is 7.55. The molecule has 4 heteroatoms. The highest BCUT2D eigenvalue weighted by Crippen LogP contribution is 2.15. The molecule has 0 aliphatic carbocycles. The van der Waals surface area contributed by atoms with Gasteiger partial charge in [-0.2, -0.15) is 0 Å². The maximum absolute atomic E-state index is 12.5. The molecule has 1 aliphatic rings. The van der Waals surface area contributed by atoms with E-state index in [0.29, 0.717) is 6.04 Å². The van der Waals surface area contributed by atoms with Gasteiger partial charge in [0.2, 0.25) is 0 Å². The molecule has 4 nitrogen and oxygen atoms in total. The number of carbonyl (C=O) groups is 1. The van der Waals surface area contributed by atoms with Crippen molar-refractivity contribution in [2.45, 2.75) is 39.2 Å². The predicted molar refractivity (Wildman–Crippen MR) is 83.1 cm³/mol. The number of carbonyl (C=O) groups excluding carboxylic acids is 1. The summed E-state index contributed by atoms with van der Waals surface area (Å²) in [5, 5.41) is 6.40. The Morgan fingerprint density at radius 3 is 3.00 bits per heavy atom. The number of amides is 2. The molecular formula is C16H25N3O. The summed E-state index contributed by atoms with van der Waals surface area (Å²) in [7, 11) is 0. The first-order chi connectivity index (χ1) is 9.70. The SMILES string of the molecule is CCCN(C(=O)Nc1cccc(C)c1)C1CCCNC1. The molecule has 1 fully saturated rings. The third-order valence-electron chi connectivity index (χ3n) is 3.71. The number of urea groups is 1. The third-order valence-corrected chi connectivity index (χ3v) is 3.71. The molecule has 0 saturated carbocycles. The summed E-state index contributed by atoms with van der Waals surface area (Å²) in [4.78, 5) is 14.5. The zero-order chi connectivity index (χ0) is 14.4. The molecule has 110 valence electrons. The van der Waals surface area contributed by atoms with Gasteiger partial charge in [-0.25, -0.2) is 4.79 Å². The van der Waals surface area contributed by atoms with Gasteiger partial charge in [0.1, 0.15) is 0 Å². The van der Waals surface area contributed by atoms with Gasteiger partial charge in [0.05, 0.1) is 0 Å². The summed E-state index contributed by atoms with van der Waals surface area (Å²) >= 11 is 0. The fourth-order valence-corrected chi connectivity index (χ4v) is 2.71. The minimum absolute atomic E-state index is 0.0196. The lowest BCUT2D eigenvalue weighted by molar-refractivity contribution is 0.173. The second kappa shape index (κ2) is 7.29. The Kier molecular flexibility index (Phi) is 5.41.